The number of carbonyl (C=O) groups is 1. The minimum atomic E-state index is -0.269. The molecular formula is C20H23N5O4. The molecule has 3 rings (SSSR count). The van der Waals surface area contributed by atoms with Gasteiger partial charge in [-0.1, -0.05) is 6.07 Å². The van der Waals surface area contributed by atoms with E-state index in [1.807, 2.05) is 13.8 Å². The molecule has 0 aliphatic carbocycles. The van der Waals surface area contributed by atoms with Crippen molar-refractivity contribution in [1.82, 2.24) is 20.2 Å². The predicted molar refractivity (Wildman–Crippen MR) is 106 cm³/mol. The molecule has 0 saturated carbocycles. The van der Waals surface area contributed by atoms with Gasteiger partial charge in [-0.3, -0.25) is 4.79 Å². The number of benzene rings is 2. The lowest BCUT2D eigenvalue weighted by Crippen LogP contribution is -2.13. The van der Waals surface area contributed by atoms with E-state index < -0.39 is 0 Å². The average molecular weight is 397 g/mol. The normalized spacial score (nSPS) is 10.7. The fraction of sp³-hybridized carbons (Fsp3) is 0.300. The number of aromatic nitrogens is 4. The molecule has 29 heavy (non-hydrogen) atoms. The Kier molecular flexibility index (Phi) is 6.28. The van der Waals surface area contributed by atoms with Crippen LogP contribution in [0, 0.1) is 0 Å². The number of tetrazole rings is 1. The first-order chi connectivity index (χ1) is 14.0. The minimum Gasteiger partial charge on any atom is -0.493 e. The van der Waals surface area contributed by atoms with Gasteiger partial charge in [0.05, 0.1) is 20.3 Å². The quantitative estimate of drug-likeness (QED) is 0.623. The number of carbonyl (C=O) groups excluding carboxylic acids is 1. The van der Waals surface area contributed by atoms with Crippen LogP contribution < -0.4 is 19.5 Å². The molecule has 0 saturated heterocycles. The summed E-state index contributed by atoms with van der Waals surface area (Å²) in [5, 5.41) is 14.4. The van der Waals surface area contributed by atoms with Crippen LogP contribution in [-0.2, 0) is 6.61 Å². The van der Waals surface area contributed by atoms with E-state index in [2.05, 4.69) is 20.8 Å². The SMILES string of the molecule is COc1ccc(NC(=O)c2cccc(OCc3nnnn3C(C)C)c2)cc1OC. The molecule has 0 radical (unpaired) electrons. The molecule has 2 aromatic carbocycles. The maximum Gasteiger partial charge on any atom is 0.255 e. The van der Waals surface area contributed by atoms with Gasteiger partial charge in [0.1, 0.15) is 12.4 Å². The Labute approximate surface area is 168 Å². The molecule has 9 nitrogen and oxygen atoms in total. The summed E-state index contributed by atoms with van der Waals surface area (Å²) in [6, 6.07) is 12.2. The third-order valence-electron chi connectivity index (χ3n) is 4.16. The number of methoxy groups -OCH3 is 2. The molecule has 0 fully saturated rings. The van der Waals surface area contributed by atoms with E-state index >= 15 is 0 Å². The van der Waals surface area contributed by atoms with Crippen molar-refractivity contribution in [3.63, 3.8) is 0 Å². The monoisotopic (exact) mass is 397 g/mol. The first-order valence-electron chi connectivity index (χ1n) is 9.04. The Balaban J connectivity index is 1.68. The molecule has 1 N–H and O–H groups in total. The maximum absolute atomic E-state index is 12.6. The van der Waals surface area contributed by atoms with Gasteiger partial charge in [0.2, 0.25) is 0 Å². The molecule has 0 unspecified atom stereocenters. The van der Waals surface area contributed by atoms with E-state index in [9.17, 15) is 4.79 Å². The smallest absolute Gasteiger partial charge is 0.255 e. The van der Waals surface area contributed by atoms with Crippen molar-refractivity contribution in [2.24, 2.45) is 0 Å². The summed E-state index contributed by atoms with van der Waals surface area (Å²) in [6.07, 6.45) is 0. The largest absolute Gasteiger partial charge is 0.493 e. The van der Waals surface area contributed by atoms with Gasteiger partial charge in [-0.25, -0.2) is 4.68 Å². The van der Waals surface area contributed by atoms with Crippen LogP contribution in [0.4, 0.5) is 5.69 Å². The second-order valence-corrected chi connectivity index (χ2v) is 6.47. The lowest BCUT2D eigenvalue weighted by atomic mass is 10.2. The van der Waals surface area contributed by atoms with Gasteiger partial charge in [-0.15, -0.1) is 5.10 Å². The van der Waals surface area contributed by atoms with Crippen molar-refractivity contribution in [3.8, 4) is 17.2 Å². The Hall–Kier alpha value is -3.62. The molecule has 1 amide bonds. The summed E-state index contributed by atoms with van der Waals surface area (Å²) < 4.78 is 17.9. The van der Waals surface area contributed by atoms with Crippen LogP contribution in [-0.4, -0.2) is 40.3 Å². The van der Waals surface area contributed by atoms with Crippen molar-refractivity contribution in [2.45, 2.75) is 26.5 Å². The number of nitrogens with zero attached hydrogens (tertiary/aromatic N) is 4. The van der Waals surface area contributed by atoms with Crippen LogP contribution in [0.15, 0.2) is 42.5 Å². The number of hydrogen-bond acceptors (Lipinski definition) is 7. The molecule has 0 aliphatic heterocycles. The molecule has 0 atom stereocenters. The lowest BCUT2D eigenvalue weighted by molar-refractivity contribution is 0.102. The second-order valence-electron chi connectivity index (χ2n) is 6.47. The van der Waals surface area contributed by atoms with Gasteiger partial charge in [0, 0.05) is 17.3 Å². The molecule has 152 valence electrons. The third kappa shape index (κ3) is 4.81. The van der Waals surface area contributed by atoms with E-state index in [0.717, 1.165) is 0 Å². The summed E-state index contributed by atoms with van der Waals surface area (Å²) in [4.78, 5) is 12.6. The summed E-state index contributed by atoms with van der Waals surface area (Å²) >= 11 is 0. The maximum atomic E-state index is 12.6. The van der Waals surface area contributed by atoms with Crippen molar-refractivity contribution in [1.29, 1.82) is 0 Å². The highest BCUT2D eigenvalue weighted by Gasteiger charge is 2.12. The Morgan fingerprint density at radius 1 is 1.10 bits per heavy atom. The van der Waals surface area contributed by atoms with Gasteiger partial charge >= 0.3 is 0 Å². The number of hydrogen-bond donors (Lipinski definition) is 1. The van der Waals surface area contributed by atoms with Gasteiger partial charge in [-0.05, 0) is 54.6 Å². The van der Waals surface area contributed by atoms with Crippen LogP contribution in [0.3, 0.4) is 0 Å². The van der Waals surface area contributed by atoms with E-state index in [1.54, 1.807) is 61.4 Å². The third-order valence-corrected chi connectivity index (χ3v) is 4.16. The molecule has 3 aromatic rings. The van der Waals surface area contributed by atoms with Gasteiger partial charge in [0.25, 0.3) is 5.91 Å². The predicted octanol–water partition coefficient (Wildman–Crippen LogP) is 3.10. The number of amides is 1. The topological polar surface area (TPSA) is 100 Å². The zero-order valence-corrected chi connectivity index (χ0v) is 16.7. The van der Waals surface area contributed by atoms with Gasteiger partial charge in [-0.2, -0.15) is 0 Å². The molecule has 1 aromatic heterocycles. The fourth-order valence-corrected chi connectivity index (χ4v) is 2.70. The highest BCUT2D eigenvalue weighted by atomic mass is 16.5. The van der Waals surface area contributed by atoms with Gasteiger partial charge < -0.3 is 19.5 Å². The van der Waals surface area contributed by atoms with Crippen LogP contribution in [0.2, 0.25) is 0 Å². The Morgan fingerprint density at radius 3 is 2.62 bits per heavy atom. The van der Waals surface area contributed by atoms with E-state index in [4.69, 9.17) is 14.2 Å². The van der Waals surface area contributed by atoms with E-state index in [1.165, 1.54) is 0 Å². The molecule has 0 aliphatic rings. The summed E-state index contributed by atoms with van der Waals surface area (Å²) in [5.41, 5.74) is 1.05. The van der Waals surface area contributed by atoms with Crippen molar-refractivity contribution < 1.29 is 19.0 Å². The summed E-state index contributed by atoms with van der Waals surface area (Å²) in [5.74, 6) is 2.01. The Bertz CT molecular complexity index is 987. The van der Waals surface area contributed by atoms with Crippen molar-refractivity contribution >= 4 is 11.6 Å². The minimum absolute atomic E-state index is 0.127. The van der Waals surface area contributed by atoms with Crippen LogP contribution in [0.1, 0.15) is 36.1 Å². The molecule has 0 bridgehead atoms. The number of rotatable bonds is 8. The standard InChI is InChI=1S/C20H23N5O4/c1-13(2)25-19(22-23-24-25)12-29-16-7-5-6-14(10-16)20(26)21-15-8-9-17(27-3)18(11-15)28-4/h5-11,13H,12H2,1-4H3,(H,21,26). The van der Waals surface area contributed by atoms with E-state index in [0.29, 0.717) is 34.3 Å². The number of anilines is 1. The Morgan fingerprint density at radius 2 is 1.90 bits per heavy atom. The number of nitrogens with one attached hydrogen (secondary N) is 1. The zero-order chi connectivity index (χ0) is 20.8. The van der Waals surface area contributed by atoms with Crippen molar-refractivity contribution in [2.75, 3.05) is 19.5 Å². The zero-order valence-electron chi connectivity index (χ0n) is 16.7. The summed E-state index contributed by atoms with van der Waals surface area (Å²) in [6.45, 7) is 4.17. The van der Waals surface area contributed by atoms with Crippen LogP contribution >= 0.6 is 0 Å². The lowest BCUT2D eigenvalue weighted by Gasteiger charge is -2.12. The van der Waals surface area contributed by atoms with Crippen molar-refractivity contribution in [3.05, 3.63) is 53.9 Å². The molecule has 1 heterocycles. The average Bonchev–Trinajstić information content (AvgIpc) is 3.21. The van der Waals surface area contributed by atoms with Gasteiger partial charge in [0.15, 0.2) is 17.3 Å². The highest BCUT2D eigenvalue weighted by Crippen LogP contribution is 2.30. The first kappa shape index (κ1) is 20.1. The first-order valence-corrected chi connectivity index (χ1v) is 9.04. The van der Waals surface area contributed by atoms with Crippen LogP contribution in [0.5, 0.6) is 17.2 Å². The highest BCUT2D eigenvalue weighted by molar-refractivity contribution is 6.04. The summed E-state index contributed by atoms with van der Waals surface area (Å²) in [7, 11) is 3.10. The van der Waals surface area contributed by atoms with E-state index in [-0.39, 0.29) is 18.6 Å². The second kappa shape index (κ2) is 9.05. The van der Waals surface area contributed by atoms with Crippen LogP contribution in [0.25, 0.3) is 0 Å². The molecular weight excluding hydrogens is 374 g/mol. The number of ether oxygens (including phenoxy) is 3. The molecule has 9 heteroatoms. The fourth-order valence-electron chi connectivity index (χ4n) is 2.70. The molecule has 0 spiro atoms.